The molecule has 3 rings (SSSR count). The zero-order valence-corrected chi connectivity index (χ0v) is 11.6. The number of anilines is 1. The molecule has 2 aromatic carbocycles. The van der Waals surface area contributed by atoms with Crippen LogP contribution in [-0.2, 0) is 5.75 Å². The van der Waals surface area contributed by atoms with Crippen molar-refractivity contribution < 1.29 is 0 Å². The number of nitrogens with two attached hydrogens (primary N) is 1. The van der Waals surface area contributed by atoms with E-state index in [-0.39, 0.29) is 0 Å². The third kappa shape index (κ3) is 2.69. The molecule has 3 aromatic rings. The van der Waals surface area contributed by atoms with Gasteiger partial charge in [-0.15, -0.1) is 0 Å². The van der Waals surface area contributed by atoms with Crippen LogP contribution in [0.25, 0.3) is 11.0 Å². The minimum Gasteiger partial charge on any atom is -0.399 e. The average Bonchev–Trinajstić information content (AvgIpc) is 2.82. The van der Waals surface area contributed by atoms with Crippen molar-refractivity contribution >= 4 is 40.1 Å². The van der Waals surface area contributed by atoms with Crippen LogP contribution in [0.3, 0.4) is 0 Å². The molecular formula is C14H12ClN3S. The lowest BCUT2D eigenvalue weighted by Gasteiger charge is -2.03. The minimum absolute atomic E-state index is 0.726. The second-order valence-electron chi connectivity index (χ2n) is 4.20. The van der Waals surface area contributed by atoms with Crippen LogP contribution in [0.2, 0.25) is 5.02 Å². The monoisotopic (exact) mass is 289 g/mol. The van der Waals surface area contributed by atoms with Gasteiger partial charge in [-0.1, -0.05) is 35.5 Å². The van der Waals surface area contributed by atoms with E-state index < -0.39 is 0 Å². The van der Waals surface area contributed by atoms with Gasteiger partial charge in [0.1, 0.15) is 0 Å². The summed E-state index contributed by atoms with van der Waals surface area (Å²) in [5, 5.41) is 1.62. The van der Waals surface area contributed by atoms with Gasteiger partial charge in [-0.05, 0) is 35.9 Å². The zero-order valence-electron chi connectivity index (χ0n) is 10.1. The summed E-state index contributed by atoms with van der Waals surface area (Å²) < 4.78 is 0. The molecule has 0 saturated carbocycles. The van der Waals surface area contributed by atoms with E-state index in [1.165, 1.54) is 0 Å². The summed E-state index contributed by atoms with van der Waals surface area (Å²) >= 11 is 7.76. The predicted octanol–water partition coefficient (Wildman–Crippen LogP) is 4.09. The van der Waals surface area contributed by atoms with Crippen molar-refractivity contribution in [2.75, 3.05) is 5.73 Å². The third-order valence-corrected chi connectivity index (χ3v) is 4.09. The molecule has 0 aliphatic rings. The molecule has 0 aliphatic carbocycles. The van der Waals surface area contributed by atoms with Crippen molar-refractivity contribution in [1.82, 2.24) is 9.97 Å². The Kier molecular flexibility index (Phi) is 3.36. The number of hydrogen-bond acceptors (Lipinski definition) is 3. The number of nitrogens with zero attached hydrogens (tertiary/aromatic N) is 1. The quantitative estimate of drug-likeness (QED) is 0.564. The van der Waals surface area contributed by atoms with Crippen molar-refractivity contribution in [2.45, 2.75) is 10.9 Å². The lowest BCUT2D eigenvalue weighted by Crippen LogP contribution is -1.89. The largest absolute Gasteiger partial charge is 0.399 e. The number of halogens is 1. The summed E-state index contributed by atoms with van der Waals surface area (Å²) in [6.45, 7) is 0. The normalized spacial score (nSPS) is 11.0. The maximum atomic E-state index is 6.14. The summed E-state index contributed by atoms with van der Waals surface area (Å²) in [7, 11) is 0. The van der Waals surface area contributed by atoms with Gasteiger partial charge in [0, 0.05) is 16.5 Å². The van der Waals surface area contributed by atoms with E-state index in [0.717, 1.165) is 38.2 Å². The molecule has 0 spiro atoms. The fraction of sp³-hybridized carbons (Fsp3) is 0.0714. The first-order valence-electron chi connectivity index (χ1n) is 5.84. The molecule has 0 saturated heterocycles. The van der Waals surface area contributed by atoms with Crippen LogP contribution < -0.4 is 5.73 Å². The van der Waals surface area contributed by atoms with E-state index in [9.17, 15) is 0 Å². The molecular weight excluding hydrogens is 278 g/mol. The molecule has 1 aromatic heterocycles. The number of nitrogens with one attached hydrogen (secondary N) is 1. The number of fused-ring (bicyclic) bond motifs is 1. The lowest BCUT2D eigenvalue weighted by molar-refractivity contribution is 1.08. The Balaban J connectivity index is 1.80. The first-order chi connectivity index (χ1) is 9.22. The Labute approximate surface area is 120 Å². The van der Waals surface area contributed by atoms with E-state index in [4.69, 9.17) is 17.3 Å². The zero-order chi connectivity index (χ0) is 13.2. The molecule has 1 heterocycles. The maximum absolute atomic E-state index is 6.14. The number of nitrogen functional groups attached to an aromatic ring is 1. The number of thioether (sulfide) groups is 1. The number of rotatable bonds is 3. The van der Waals surface area contributed by atoms with Gasteiger partial charge >= 0.3 is 0 Å². The highest BCUT2D eigenvalue weighted by molar-refractivity contribution is 7.98. The number of H-pyrrole nitrogens is 1. The Morgan fingerprint density at radius 1 is 1.21 bits per heavy atom. The van der Waals surface area contributed by atoms with E-state index in [0.29, 0.717) is 0 Å². The van der Waals surface area contributed by atoms with Gasteiger partial charge in [0.05, 0.1) is 11.0 Å². The minimum atomic E-state index is 0.726. The number of imidazole rings is 1. The molecule has 0 aliphatic heterocycles. The number of para-hydroxylation sites is 2. The van der Waals surface area contributed by atoms with Gasteiger partial charge in [-0.25, -0.2) is 4.98 Å². The van der Waals surface area contributed by atoms with E-state index in [1.807, 2.05) is 36.4 Å². The second kappa shape index (κ2) is 5.15. The molecule has 0 amide bonds. The number of benzene rings is 2. The molecule has 0 bridgehead atoms. The van der Waals surface area contributed by atoms with Crippen LogP contribution in [0.5, 0.6) is 0 Å². The Bertz CT molecular complexity index is 691. The van der Waals surface area contributed by atoms with Crippen LogP contribution in [0.1, 0.15) is 5.56 Å². The number of aromatic amines is 1. The molecule has 3 N–H and O–H groups in total. The summed E-state index contributed by atoms with van der Waals surface area (Å²) in [4.78, 5) is 7.79. The fourth-order valence-corrected chi connectivity index (χ4v) is 2.99. The van der Waals surface area contributed by atoms with Crippen molar-refractivity contribution in [3.63, 3.8) is 0 Å². The summed E-state index contributed by atoms with van der Waals surface area (Å²) in [6, 6.07) is 13.5. The molecule has 96 valence electrons. The van der Waals surface area contributed by atoms with Crippen molar-refractivity contribution in [2.24, 2.45) is 0 Å². The molecule has 0 radical (unpaired) electrons. The first-order valence-corrected chi connectivity index (χ1v) is 7.20. The summed E-state index contributed by atoms with van der Waals surface area (Å²) in [5.74, 6) is 0.740. The Hall–Kier alpha value is -1.65. The highest BCUT2D eigenvalue weighted by Gasteiger charge is 2.05. The van der Waals surface area contributed by atoms with Gasteiger partial charge in [-0.2, -0.15) is 0 Å². The topological polar surface area (TPSA) is 54.7 Å². The van der Waals surface area contributed by atoms with E-state index in [1.54, 1.807) is 17.8 Å². The Morgan fingerprint density at radius 3 is 2.89 bits per heavy atom. The molecule has 3 nitrogen and oxygen atoms in total. The molecule has 19 heavy (non-hydrogen) atoms. The second-order valence-corrected chi connectivity index (χ2v) is 5.57. The lowest BCUT2D eigenvalue weighted by atomic mass is 10.2. The SMILES string of the molecule is Nc1ccc(Cl)c(CSc2nc3ccccc3[nH]2)c1. The van der Waals surface area contributed by atoms with Crippen LogP contribution in [0.4, 0.5) is 5.69 Å². The van der Waals surface area contributed by atoms with Gasteiger partial charge in [0.15, 0.2) is 5.16 Å². The fourth-order valence-electron chi connectivity index (χ4n) is 1.85. The molecule has 5 heteroatoms. The number of aromatic nitrogens is 2. The number of hydrogen-bond donors (Lipinski definition) is 2. The van der Waals surface area contributed by atoms with Crippen molar-refractivity contribution in [1.29, 1.82) is 0 Å². The average molecular weight is 290 g/mol. The predicted molar refractivity (Wildman–Crippen MR) is 81.5 cm³/mol. The van der Waals surface area contributed by atoms with Crippen LogP contribution in [-0.4, -0.2) is 9.97 Å². The van der Waals surface area contributed by atoms with Gasteiger partial charge in [0.2, 0.25) is 0 Å². The Morgan fingerprint density at radius 2 is 2.05 bits per heavy atom. The first kappa shape index (κ1) is 12.4. The smallest absolute Gasteiger partial charge is 0.166 e. The van der Waals surface area contributed by atoms with Gasteiger partial charge in [0.25, 0.3) is 0 Å². The maximum Gasteiger partial charge on any atom is 0.166 e. The van der Waals surface area contributed by atoms with Crippen LogP contribution in [0.15, 0.2) is 47.6 Å². The van der Waals surface area contributed by atoms with Crippen molar-refractivity contribution in [3.8, 4) is 0 Å². The van der Waals surface area contributed by atoms with Gasteiger partial charge in [-0.3, -0.25) is 0 Å². The third-order valence-electron chi connectivity index (χ3n) is 2.80. The highest BCUT2D eigenvalue weighted by atomic mass is 35.5. The van der Waals surface area contributed by atoms with E-state index >= 15 is 0 Å². The standard InChI is InChI=1S/C14H12ClN3S/c15-11-6-5-10(16)7-9(11)8-19-14-17-12-3-1-2-4-13(12)18-14/h1-7H,8,16H2,(H,17,18). The molecule has 0 atom stereocenters. The summed E-state index contributed by atoms with van der Waals surface area (Å²) in [6.07, 6.45) is 0. The van der Waals surface area contributed by atoms with Crippen LogP contribution in [0, 0.1) is 0 Å². The molecule has 0 fully saturated rings. The van der Waals surface area contributed by atoms with Gasteiger partial charge < -0.3 is 10.7 Å². The molecule has 0 unspecified atom stereocenters. The summed E-state index contributed by atoms with van der Waals surface area (Å²) in [5.41, 5.74) is 9.53. The van der Waals surface area contributed by atoms with E-state index in [2.05, 4.69) is 9.97 Å². The van der Waals surface area contributed by atoms with Crippen LogP contribution >= 0.6 is 23.4 Å². The van der Waals surface area contributed by atoms with Crippen molar-refractivity contribution in [3.05, 3.63) is 53.1 Å². The highest BCUT2D eigenvalue weighted by Crippen LogP contribution is 2.27.